The Bertz CT molecular complexity index is 1050. The third-order valence-electron chi connectivity index (χ3n) is 5.42. The molecule has 1 unspecified atom stereocenters. The van der Waals surface area contributed by atoms with E-state index < -0.39 is 31.1 Å². The van der Waals surface area contributed by atoms with Crippen LogP contribution in [0.5, 0.6) is 5.75 Å². The molecule has 5 rings (SSSR count). The number of nitrogens with one attached hydrogen (secondary N) is 2. The van der Waals surface area contributed by atoms with Crippen molar-refractivity contribution < 1.29 is 24.8 Å². The lowest BCUT2D eigenvalue weighted by molar-refractivity contribution is -0.0511. The summed E-state index contributed by atoms with van der Waals surface area (Å²) in [6.45, 7) is 0.106. The van der Waals surface area contributed by atoms with Crippen molar-refractivity contribution in [1.82, 2.24) is 24.9 Å². The van der Waals surface area contributed by atoms with E-state index >= 15 is 0 Å². The van der Waals surface area contributed by atoms with E-state index in [9.17, 15) is 15.3 Å². The third-order valence-corrected chi connectivity index (χ3v) is 5.42. The molecule has 2 aliphatic rings. The Kier molecular flexibility index (Phi) is 4.97. The molecule has 3 aromatic rings. The van der Waals surface area contributed by atoms with Crippen LogP contribution in [-0.4, -0.2) is 72.4 Å². The number of imidazole rings is 1. The molecule has 11 heteroatoms. The van der Waals surface area contributed by atoms with E-state index in [-0.39, 0.29) is 6.04 Å². The summed E-state index contributed by atoms with van der Waals surface area (Å²) >= 11 is 0. The minimum absolute atomic E-state index is 0.0347. The standard InChI is InChI=1S/C19H22N6O5/c26-6-13-15(27)16(28)19(30-13)25-9-22-14-17(20-8-21-18(14)25)24-23-11-5-10-3-1-2-4-12(10)29-7-11/h1-4,8-9,11,13,15-16,19,23,26-28H,5-7H2,(H,20,21,24)/t11?,13-,15-,16-,19-/m1/s1. The minimum atomic E-state index is -1.22. The van der Waals surface area contributed by atoms with Crippen LogP contribution in [0.3, 0.4) is 0 Å². The number of fused-ring (bicyclic) bond motifs is 2. The fraction of sp³-hybridized carbons (Fsp3) is 0.421. The smallest absolute Gasteiger partial charge is 0.171 e. The maximum absolute atomic E-state index is 10.3. The van der Waals surface area contributed by atoms with Crippen molar-refractivity contribution >= 4 is 17.0 Å². The van der Waals surface area contributed by atoms with Gasteiger partial charge in [-0.25, -0.2) is 20.4 Å². The third kappa shape index (κ3) is 3.26. The van der Waals surface area contributed by atoms with E-state index in [1.54, 1.807) is 0 Å². The molecule has 158 valence electrons. The molecule has 0 aliphatic carbocycles. The summed E-state index contributed by atoms with van der Waals surface area (Å²) in [6, 6.07) is 7.96. The van der Waals surface area contributed by atoms with Crippen LogP contribution < -0.4 is 15.6 Å². The Labute approximate surface area is 171 Å². The minimum Gasteiger partial charge on any atom is -0.492 e. The second-order valence-electron chi connectivity index (χ2n) is 7.36. The number of ether oxygens (including phenoxy) is 2. The average molecular weight is 414 g/mol. The van der Waals surface area contributed by atoms with Gasteiger partial charge in [0, 0.05) is 0 Å². The molecule has 5 atom stereocenters. The first kappa shape index (κ1) is 19.2. The quantitative estimate of drug-likeness (QED) is 0.342. The monoisotopic (exact) mass is 414 g/mol. The topological polar surface area (TPSA) is 147 Å². The molecular formula is C19H22N6O5. The van der Waals surface area contributed by atoms with Crippen LogP contribution in [-0.2, 0) is 11.2 Å². The molecule has 0 radical (unpaired) electrons. The molecule has 2 aliphatic heterocycles. The molecule has 0 saturated carbocycles. The van der Waals surface area contributed by atoms with Crippen LogP contribution in [0, 0.1) is 0 Å². The van der Waals surface area contributed by atoms with Gasteiger partial charge in [-0.3, -0.25) is 4.57 Å². The van der Waals surface area contributed by atoms with Crippen molar-refractivity contribution in [3.05, 3.63) is 42.5 Å². The number of anilines is 1. The second-order valence-corrected chi connectivity index (χ2v) is 7.36. The molecule has 1 aromatic carbocycles. The van der Waals surface area contributed by atoms with Gasteiger partial charge in [0.2, 0.25) is 0 Å². The Morgan fingerprint density at radius 1 is 1.13 bits per heavy atom. The average Bonchev–Trinajstić information content (AvgIpc) is 3.33. The van der Waals surface area contributed by atoms with Gasteiger partial charge in [-0.1, -0.05) is 18.2 Å². The first-order valence-corrected chi connectivity index (χ1v) is 9.68. The summed E-state index contributed by atoms with van der Waals surface area (Å²) < 4.78 is 12.9. The zero-order valence-corrected chi connectivity index (χ0v) is 15.9. The van der Waals surface area contributed by atoms with Gasteiger partial charge < -0.3 is 30.2 Å². The summed E-state index contributed by atoms with van der Waals surface area (Å²) in [5.41, 5.74) is 8.32. The number of rotatable bonds is 5. The number of aromatic nitrogens is 4. The van der Waals surface area contributed by atoms with Crippen LogP contribution in [0.1, 0.15) is 11.8 Å². The molecule has 4 heterocycles. The van der Waals surface area contributed by atoms with Gasteiger partial charge in [0.05, 0.1) is 19.0 Å². The molecule has 0 amide bonds. The van der Waals surface area contributed by atoms with E-state index in [4.69, 9.17) is 9.47 Å². The van der Waals surface area contributed by atoms with E-state index in [0.29, 0.717) is 23.6 Å². The van der Waals surface area contributed by atoms with Gasteiger partial charge in [0.25, 0.3) is 0 Å². The van der Waals surface area contributed by atoms with Crippen LogP contribution in [0.25, 0.3) is 11.2 Å². The fourth-order valence-electron chi connectivity index (χ4n) is 3.83. The lowest BCUT2D eigenvalue weighted by Crippen LogP contribution is -2.42. The van der Waals surface area contributed by atoms with Crippen molar-refractivity contribution in [2.45, 2.75) is 37.0 Å². The first-order chi connectivity index (χ1) is 14.7. The summed E-state index contributed by atoms with van der Waals surface area (Å²) in [5, 5.41) is 29.6. The molecule has 1 fully saturated rings. The Hall–Kier alpha value is -2.83. The van der Waals surface area contributed by atoms with Crippen LogP contribution >= 0.6 is 0 Å². The van der Waals surface area contributed by atoms with Gasteiger partial charge in [-0.15, -0.1) is 0 Å². The number of para-hydroxylation sites is 1. The molecule has 0 spiro atoms. The Balaban J connectivity index is 1.33. The van der Waals surface area contributed by atoms with Gasteiger partial charge in [-0.2, -0.15) is 0 Å². The predicted molar refractivity (Wildman–Crippen MR) is 105 cm³/mol. The lowest BCUT2D eigenvalue weighted by atomic mass is 10.0. The van der Waals surface area contributed by atoms with Crippen molar-refractivity contribution in [2.24, 2.45) is 0 Å². The van der Waals surface area contributed by atoms with E-state index in [1.165, 1.54) is 17.2 Å². The maximum atomic E-state index is 10.3. The zero-order valence-electron chi connectivity index (χ0n) is 15.9. The Morgan fingerprint density at radius 2 is 2.00 bits per heavy atom. The number of aliphatic hydroxyl groups is 3. The summed E-state index contributed by atoms with van der Waals surface area (Å²) in [6.07, 6.45) is -0.576. The molecule has 30 heavy (non-hydrogen) atoms. The maximum Gasteiger partial charge on any atom is 0.171 e. The lowest BCUT2D eigenvalue weighted by Gasteiger charge is -2.26. The number of aliphatic hydroxyl groups excluding tert-OH is 3. The van der Waals surface area contributed by atoms with Gasteiger partial charge >= 0.3 is 0 Å². The number of nitrogens with zero attached hydrogens (tertiary/aromatic N) is 4. The normalized spacial score (nSPS) is 28.3. The number of hydrogen-bond donors (Lipinski definition) is 5. The number of hydrazine groups is 1. The summed E-state index contributed by atoms with van der Waals surface area (Å²) in [5.74, 6) is 1.36. The number of benzene rings is 1. The van der Waals surface area contributed by atoms with Crippen molar-refractivity contribution in [3.63, 3.8) is 0 Å². The molecule has 11 nitrogen and oxygen atoms in total. The van der Waals surface area contributed by atoms with E-state index in [2.05, 4.69) is 25.8 Å². The largest absolute Gasteiger partial charge is 0.492 e. The number of hydrogen-bond acceptors (Lipinski definition) is 10. The highest BCUT2D eigenvalue weighted by molar-refractivity contribution is 5.82. The van der Waals surface area contributed by atoms with Crippen LogP contribution in [0.4, 0.5) is 5.82 Å². The van der Waals surface area contributed by atoms with E-state index in [0.717, 1.165) is 17.7 Å². The van der Waals surface area contributed by atoms with Crippen LogP contribution in [0.2, 0.25) is 0 Å². The van der Waals surface area contributed by atoms with Gasteiger partial charge in [-0.05, 0) is 18.1 Å². The van der Waals surface area contributed by atoms with Crippen molar-refractivity contribution in [3.8, 4) is 5.75 Å². The highest BCUT2D eigenvalue weighted by Crippen LogP contribution is 2.32. The predicted octanol–water partition coefficient (Wildman–Crippen LogP) is -0.642. The fourth-order valence-corrected chi connectivity index (χ4v) is 3.83. The molecule has 1 saturated heterocycles. The zero-order chi connectivity index (χ0) is 20.7. The van der Waals surface area contributed by atoms with Gasteiger partial charge in [0.15, 0.2) is 23.2 Å². The van der Waals surface area contributed by atoms with Crippen molar-refractivity contribution in [1.29, 1.82) is 0 Å². The summed E-state index contributed by atoms with van der Waals surface area (Å²) in [7, 11) is 0. The molecular weight excluding hydrogens is 392 g/mol. The molecule has 0 bridgehead atoms. The van der Waals surface area contributed by atoms with Crippen molar-refractivity contribution in [2.75, 3.05) is 18.6 Å². The first-order valence-electron chi connectivity index (χ1n) is 9.68. The van der Waals surface area contributed by atoms with E-state index in [1.807, 2.05) is 24.3 Å². The second kappa shape index (κ2) is 7.78. The van der Waals surface area contributed by atoms with Gasteiger partial charge in [0.1, 0.15) is 37.0 Å². The highest BCUT2D eigenvalue weighted by atomic mass is 16.6. The SMILES string of the molecule is OC[C@H]1O[C@@H](n2cnc3c(NNC4COc5ccccc5C4)ncnc32)[C@H](O)[C@@H]1O. The Morgan fingerprint density at radius 3 is 2.83 bits per heavy atom. The summed E-state index contributed by atoms with van der Waals surface area (Å²) in [4.78, 5) is 12.8. The molecule has 2 aromatic heterocycles. The molecule has 5 N–H and O–H groups in total. The van der Waals surface area contributed by atoms with Crippen LogP contribution in [0.15, 0.2) is 36.9 Å². The highest BCUT2D eigenvalue weighted by Gasteiger charge is 2.44.